The van der Waals surface area contributed by atoms with Crippen LogP contribution >= 0.6 is 11.6 Å². The predicted molar refractivity (Wildman–Crippen MR) is 87.5 cm³/mol. The second kappa shape index (κ2) is 5.33. The van der Waals surface area contributed by atoms with Crippen LogP contribution in [0.1, 0.15) is 0 Å². The van der Waals surface area contributed by atoms with Gasteiger partial charge in [-0.2, -0.15) is 5.32 Å². The number of benzene rings is 2. The molecule has 7 heteroatoms. The largest absolute Gasteiger partial charge is 0.423 e. The van der Waals surface area contributed by atoms with Crippen LogP contribution in [0.5, 0.6) is 0 Å². The molecular formula is C16H10ClN4O2. The number of anilines is 3. The van der Waals surface area contributed by atoms with Gasteiger partial charge in [0.05, 0.1) is 17.6 Å². The molecule has 2 amide bonds. The number of hydrogen-bond acceptors (Lipinski definition) is 4. The summed E-state index contributed by atoms with van der Waals surface area (Å²) in [6, 6.07) is 12.6. The standard InChI is InChI=1S/C16H10ClN4O2/c17-10-3-1-9(2-4-10)14-8-18-16(23-14)19-11-5-6-12-13(7-11)21-15(22)20-12/h1-8H,(H,18,19)(H,20,22). The maximum absolute atomic E-state index is 11.2. The Bertz CT molecular complexity index is 889. The maximum Gasteiger partial charge on any atom is 0.346 e. The van der Waals surface area contributed by atoms with Crippen LogP contribution in [0.25, 0.3) is 11.3 Å². The fourth-order valence-electron chi connectivity index (χ4n) is 2.26. The number of oxazole rings is 1. The van der Waals surface area contributed by atoms with Crippen molar-refractivity contribution in [3.05, 3.63) is 53.7 Å². The molecule has 0 saturated carbocycles. The summed E-state index contributed by atoms with van der Waals surface area (Å²) in [7, 11) is 0. The van der Waals surface area contributed by atoms with Crippen molar-refractivity contribution in [3.63, 3.8) is 0 Å². The number of fused-ring (bicyclic) bond motifs is 1. The Kier molecular flexibility index (Phi) is 3.17. The third kappa shape index (κ3) is 2.72. The average Bonchev–Trinajstić information content (AvgIpc) is 3.13. The number of halogens is 1. The Labute approximate surface area is 136 Å². The fraction of sp³-hybridized carbons (Fsp3) is 0. The van der Waals surface area contributed by atoms with Crippen LogP contribution in [0.15, 0.2) is 53.1 Å². The summed E-state index contributed by atoms with van der Waals surface area (Å²) in [6.45, 7) is 0. The summed E-state index contributed by atoms with van der Waals surface area (Å²) in [6.07, 6.45) is 1.63. The maximum atomic E-state index is 11.2. The molecule has 0 bridgehead atoms. The van der Waals surface area contributed by atoms with E-state index in [-0.39, 0.29) is 6.03 Å². The van der Waals surface area contributed by atoms with Crippen LogP contribution in [0.2, 0.25) is 5.02 Å². The molecule has 0 saturated heterocycles. The molecule has 2 aromatic carbocycles. The van der Waals surface area contributed by atoms with Gasteiger partial charge in [-0.1, -0.05) is 11.6 Å². The first-order chi connectivity index (χ1) is 11.2. The van der Waals surface area contributed by atoms with Crippen LogP contribution in [-0.4, -0.2) is 11.0 Å². The molecule has 0 fully saturated rings. The van der Waals surface area contributed by atoms with E-state index in [0.717, 1.165) is 11.3 Å². The molecular weight excluding hydrogens is 316 g/mol. The van der Waals surface area contributed by atoms with Crippen molar-refractivity contribution < 1.29 is 9.21 Å². The van der Waals surface area contributed by atoms with Crippen LogP contribution in [0.3, 0.4) is 0 Å². The average molecular weight is 326 g/mol. The van der Waals surface area contributed by atoms with E-state index in [2.05, 4.69) is 20.9 Å². The van der Waals surface area contributed by atoms with Crippen LogP contribution in [0, 0.1) is 0 Å². The zero-order valence-electron chi connectivity index (χ0n) is 11.7. The number of aromatic nitrogens is 1. The Morgan fingerprint density at radius 2 is 1.96 bits per heavy atom. The van der Waals surface area contributed by atoms with Crippen molar-refractivity contribution in [1.82, 2.24) is 10.3 Å². The lowest BCUT2D eigenvalue weighted by molar-refractivity contribution is 0.256. The highest BCUT2D eigenvalue weighted by molar-refractivity contribution is 6.30. The van der Waals surface area contributed by atoms with Gasteiger partial charge in [0.2, 0.25) is 0 Å². The minimum atomic E-state index is -0.363. The number of urea groups is 1. The fourth-order valence-corrected chi connectivity index (χ4v) is 2.39. The van der Waals surface area contributed by atoms with Gasteiger partial charge in [0, 0.05) is 16.3 Å². The van der Waals surface area contributed by atoms with Gasteiger partial charge in [-0.3, -0.25) is 0 Å². The number of carbonyl (C=O) groups excluding carboxylic acids is 1. The van der Waals surface area contributed by atoms with Gasteiger partial charge in [0.15, 0.2) is 5.76 Å². The minimum Gasteiger partial charge on any atom is -0.423 e. The highest BCUT2D eigenvalue weighted by atomic mass is 35.5. The third-order valence-electron chi connectivity index (χ3n) is 3.35. The molecule has 2 N–H and O–H groups in total. The molecule has 0 aliphatic carbocycles. The second-order valence-corrected chi connectivity index (χ2v) is 5.37. The second-order valence-electron chi connectivity index (χ2n) is 4.94. The summed E-state index contributed by atoms with van der Waals surface area (Å²) in [4.78, 5) is 15.4. The quantitative estimate of drug-likeness (QED) is 0.741. The molecule has 1 radical (unpaired) electrons. The lowest BCUT2D eigenvalue weighted by Crippen LogP contribution is -2.08. The van der Waals surface area contributed by atoms with Crippen molar-refractivity contribution in [1.29, 1.82) is 0 Å². The minimum absolute atomic E-state index is 0.354. The molecule has 0 atom stereocenters. The molecule has 6 nitrogen and oxygen atoms in total. The molecule has 1 aromatic heterocycles. The van der Waals surface area contributed by atoms with E-state index < -0.39 is 0 Å². The van der Waals surface area contributed by atoms with Crippen molar-refractivity contribution in [2.45, 2.75) is 0 Å². The van der Waals surface area contributed by atoms with Gasteiger partial charge >= 0.3 is 6.03 Å². The number of carbonyl (C=O) groups is 1. The van der Waals surface area contributed by atoms with Crippen molar-refractivity contribution >= 4 is 40.7 Å². The summed E-state index contributed by atoms with van der Waals surface area (Å²) in [5.41, 5.74) is 2.89. The summed E-state index contributed by atoms with van der Waals surface area (Å²) in [5.74, 6) is 0.631. The van der Waals surface area contributed by atoms with E-state index in [1.807, 2.05) is 18.2 Å². The summed E-state index contributed by atoms with van der Waals surface area (Å²) in [5, 5.41) is 10.2. The number of nitrogens with one attached hydrogen (secondary N) is 2. The molecule has 4 rings (SSSR count). The van der Waals surface area contributed by atoms with Gasteiger partial charge in [0.25, 0.3) is 6.01 Å². The molecule has 113 valence electrons. The predicted octanol–water partition coefficient (Wildman–Crippen LogP) is 4.52. The molecule has 0 unspecified atom stereocenters. The Morgan fingerprint density at radius 3 is 2.78 bits per heavy atom. The SMILES string of the molecule is O=C1[N]c2cc(Nc3ncc(-c4ccc(Cl)cc4)o3)ccc2N1. The lowest BCUT2D eigenvalue weighted by Gasteiger charge is -2.03. The van der Waals surface area contributed by atoms with Crippen molar-refractivity contribution in [2.24, 2.45) is 0 Å². The normalized spacial score (nSPS) is 12.5. The van der Waals surface area contributed by atoms with E-state index >= 15 is 0 Å². The zero-order valence-corrected chi connectivity index (χ0v) is 12.5. The van der Waals surface area contributed by atoms with Gasteiger partial charge in [0.1, 0.15) is 0 Å². The smallest absolute Gasteiger partial charge is 0.346 e. The van der Waals surface area contributed by atoms with Crippen LogP contribution < -0.4 is 16.0 Å². The Hall–Kier alpha value is -2.99. The zero-order chi connectivity index (χ0) is 15.8. The summed E-state index contributed by atoms with van der Waals surface area (Å²) >= 11 is 5.87. The Morgan fingerprint density at radius 1 is 1.13 bits per heavy atom. The topological polar surface area (TPSA) is 81.3 Å². The number of nitrogens with zero attached hydrogens (tertiary/aromatic N) is 2. The van der Waals surface area contributed by atoms with Gasteiger partial charge in [-0.15, -0.1) is 0 Å². The van der Waals surface area contributed by atoms with Crippen LogP contribution in [-0.2, 0) is 0 Å². The van der Waals surface area contributed by atoms with E-state index in [1.54, 1.807) is 30.5 Å². The van der Waals surface area contributed by atoms with Gasteiger partial charge in [-0.05, 0) is 42.5 Å². The van der Waals surface area contributed by atoms with Crippen molar-refractivity contribution in [2.75, 3.05) is 10.6 Å². The molecule has 1 aliphatic rings. The summed E-state index contributed by atoms with van der Waals surface area (Å²) < 4.78 is 5.68. The van der Waals surface area contributed by atoms with E-state index in [4.69, 9.17) is 16.0 Å². The molecule has 0 spiro atoms. The lowest BCUT2D eigenvalue weighted by atomic mass is 10.2. The first kappa shape index (κ1) is 13.7. The highest BCUT2D eigenvalue weighted by Crippen LogP contribution is 2.32. The van der Waals surface area contributed by atoms with E-state index in [0.29, 0.717) is 28.2 Å². The molecule has 1 aliphatic heterocycles. The van der Waals surface area contributed by atoms with Gasteiger partial charge < -0.3 is 15.1 Å². The molecule has 23 heavy (non-hydrogen) atoms. The van der Waals surface area contributed by atoms with E-state index in [9.17, 15) is 4.79 Å². The Balaban J connectivity index is 1.55. The molecule has 3 aromatic rings. The molecule has 2 heterocycles. The third-order valence-corrected chi connectivity index (χ3v) is 3.60. The number of rotatable bonds is 3. The first-order valence-electron chi connectivity index (χ1n) is 6.83. The first-order valence-corrected chi connectivity index (χ1v) is 7.21. The van der Waals surface area contributed by atoms with Crippen molar-refractivity contribution in [3.8, 4) is 11.3 Å². The monoisotopic (exact) mass is 325 g/mol. The highest BCUT2D eigenvalue weighted by Gasteiger charge is 2.19. The van der Waals surface area contributed by atoms with Gasteiger partial charge in [-0.25, -0.2) is 9.78 Å². The van der Waals surface area contributed by atoms with E-state index in [1.165, 1.54) is 0 Å². The number of amides is 2. The number of hydrogen-bond donors (Lipinski definition) is 2. The van der Waals surface area contributed by atoms with Crippen LogP contribution in [0.4, 0.5) is 27.9 Å².